The predicted molar refractivity (Wildman–Crippen MR) is 70.4 cm³/mol. The van der Waals surface area contributed by atoms with Crippen molar-refractivity contribution in [1.29, 1.82) is 0 Å². The zero-order chi connectivity index (χ0) is 11.5. The highest BCUT2D eigenvalue weighted by Crippen LogP contribution is 2.23. The Morgan fingerprint density at radius 1 is 1.35 bits per heavy atom. The van der Waals surface area contributed by atoms with Crippen LogP contribution in [0.1, 0.15) is 5.56 Å². The first-order chi connectivity index (χ1) is 7.74. The molecular weight excluding hydrogens is 240 g/mol. The summed E-state index contributed by atoms with van der Waals surface area (Å²) in [7, 11) is 3.34. The number of pyridine rings is 1. The smallest absolute Gasteiger partial charge is 0.138 e. The summed E-state index contributed by atoms with van der Waals surface area (Å²) in [6.45, 7) is 0. The highest BCUT2D eigenvalue weighted by Gasteiger charge is 2.03. The zero-order valence-electron chi connectivity index (χ0n) is 9.57. The number of hydrogen-bond acceptors (Lipinski definition) is 3. The van der Waals surface area contributed by atoms with Crippen LogP contribution in [0.15, 0.2) is 29.3 Å². The summed E-state index contributed by atoms with van der Waals surface area (Å²) in [6, 6.07) is 7.61. The van der Waals surface area contributed by atoms with Gasteiger partial charge < -0.3 is 10.2 Å². The average Bonchev–Trinajstić information content (AvgIpc) is 2.30. The van der Waals surface area contributed by atoms with Crippen LogP contribution < -0.4 is 4.74 Å². The first-order valence-electron chi connectivity index (χ1n) is 4.81. The van der Waals surface area contributed by atoms with Gasteiger partial charge >= 0.3 is 0 Å². The number of aromatic nitrogens is 1. The Morgan fingerprint density at radius 2 is 2.12 bits per heavy atom. The molecule has 1 aromatic heterocycles. The van der Waals surface area contributed by atoms with Crippen molar-refractivity contribution >= 4 is 28.7 Å². The molecule has 90 valence electrons. The van der Waals surface area contributed by atoms with Crippen LogP contribution in [0.25, 0.3) is 10.9 Å². The summed E-state index contributed by atoms with van der Waals surface area (Å²) in [6.07, 6.45) is 1.69. The van der Waals surface area contributed by atoms with Crippen molar-refractivity contribution in [3.63, 3.8) is 0 Å². The number of aliphatic imine (C=N–C) groups is 1. The summed E-state index contributed by atoms with van der Waals surface area (Å²) in [5.74, 6) is 0.802. The van der Waals surface area contributed by atoms with Crippen molar-refractivity contribution < 1.29 is 10.2 Å². The second kappa shape index (κ2) is 5.61. The van der Waals surface area contributed by atoms with Crippen molar-refractivity contribution in [2.45, 2.75) is 0 Å². The van der Waals surface area contributed by atoms with Gasteiger partial charge in [0.25, 0.3) is 0 Å². The number of halogens is 1. The van der Waals surface area contributed by atoms with Crippen molar-refractivity contribution in [2.24, 2.45) is 4.99 Å². The number of benzene rings is 1. The van der Waals surface area contributed by atoms with Gasteiger partial charge in [0.15, 0.2) is 0 Å². The van der Waals surface area contributed by atoms with E-state index in [9.17, 15) is 0 Å². The minimum atomic E-state index is 0. The number of hydrogen-bond donors (Lipinski definition) is 0. The topological polar surface area (TPSA) is 66.0 Å². The SMILES string of the molecule is CN=Cc1cc2cc(OC)ccc2nc1Cl.O. The lowest BCUT2D eigenvalue weighted by Gasteiger charge is -2.04. The third-order valence-electron chi connectivity index (χ3n) is 2.27. The lowest BCUT2D eigenvalue weighted by Crippen LogP contribution is -1.90. The number of fused-ring (bicyclic) bond motifs is 1. The Hall–Kier alpha value is -1.65. The van der Waals surface area contributed by atoms with Crippen LogP contribution in [0.2, 0.25) is 5.15 Å². The molecule has 2 aromatic rings. The standard InChI is InChI=1S/C12H11ClN2O.H2O/c1-14-7-9-5-8-6-10(16-2)3-4-11(8)15-12(9)13;/h3-7H,1-2H3;1H2. The number of rotatable bonds is 2. The van der Waals surface area contributed by atoms with Crippen LogP contribution in [-0.4, -0.2) is 30.8 Å². The molecule has 0 unspecified atom stereocenters. The zero-order valence-corrected chi connectivity index (χ0v) is 10.3. The van der Waals surface area contributed by atoms with Crippen LogP contribution >= 0.6 is 11.6 Å². The van der Waals surface area contributed by atoms with E-state index in [1.165, 1.54) is 0 Å². The molecule has 0 bridgehead atoms. The van der Waals surface area contributed by atoms with Gasteiger partial charge in [-0.05, 0) is 24.3 Å². The molecule has 2 rings (SSSR count). The fourth-order valence-electron chi connectivity index (χ4n) is 1.50. The minimum absolute atomic E-state index is 0. The predicted octanol–water partition coefficient (Wildman–Crippen LogP) is 2.12. The number of ether oxygens (including phenoxy) is 1. The highest BCUT2D eigenvalue weighted by atomic mass is 35.5. The van der Waals surface area contributed by atoms with Gasteiger partial charge in [0.2, 0.25) is 0 Å². The fourth-order valence-corrected chi connectivity index (χ4v) is 1.70. The summed E-state index contributed by atoms with van der Waals surface area (Å²) in [4.78, 5) is 8.22. The summed E-state index contributed by atoms with van der Waals surface area (Å²) in [5.41, 5.74) is 1.66. The van der Waals surface area contributed by atoms with E-state index in [4.69, 9.17) is 16.3 Å². The first kappa shape index (κ1) is 13.4. The minimum Gasteiger partial charge on any atom is -0.497 e. The third-order valence-corrected chi connectivity index (χ3v) is 2.57. The molecule has 0 saturated heterocycles. The van der Waals surface area contributed by atoms with E-state index >= 15 is 0 Å². The second-order valence-electron chi connectivity index (χ2n) is 3.31. The van der Waals surface area contributed by atoms with E-state index in [1.807, 2.05) is 24.3 Å². The van der Waals surface area contributed by atoms with Gasteiger partial charge in [0.05, 0.1) is 12.6 Å². The molecule has 4 nitrogen and oxygen atoms in total. The maximum absolute atomic E-state index is 6.02. The first-order valence-corrected chi connectivity index (χ1v) is 5.19. The van der Waals surface area contributed by atoms with Crippen molar-refractivity contribution in [3.8, 4) is 5.75 Å². The van der Waals surface area contributed by atoms with Crippen LogP contribution in [0.5, 0.6) is 5.75 Å². The van der Waals surface area contributed by atoms with Gasteiger partial charge in [-0.15, -0.1) is 0 Å². The van der Waals surface area contributed by atoms with Crippen LogP contribution in [0, 0.1) is 0 Å². The number of methoxy groups -OCH3 is 1. The molecule has 0 saturated carbocycles. The number of nitrogens with zero attached hydrogens (tertiary/aromatic N) is 2. The van der Waals surface area contributed by atoms with E-state index in [-0.39, 0.29) is 5.48 Å². The van der Waals surface area contributed by atoms with E-state index in [2.05, 4.69) is 9.98 Å². The van der Waals surface area contributed by atoms with E-state index in [0.29, 0.717) is 5.15 Å². The third kappa shape index (κ3) is 2.72. The van der Waals surface area contributed by atoms with Gasteiger partial charge in [0.1, 0.15) is 10.9 Å². The summed E-state index contributed by atoms with van der Waals surface area (Å²) in [5, 5.41) is 1.45. The quantitative estimate of drug-likeness (QED) is 0.607. The van der Waals surface area contributed by atoms with Crippen LogP contribution in [-0.2, 0) is 0 Å². The molecular formula is C12H13ClN2O2. The van der Waals surface area contributed by atoms with Gasteiger partial charge in [-0.2, -0.15) is 0 Å². The van der Waals surface area contributed by atoms with Gasteiger partial charge in [-0.3, -0.25) is 4.99 Å². The maximum Gasteiger partial charge on any atom is 0.138 e. The molecule has 1 heterocycles. The van der Waals surface area contributed by atoms with E-state index < -0.39 is 0 Å². The Balaban J connectivity index is 0.00000144. The molecule has 0 amide bonds. The second-order valence-corrected chi connectivity index (χ2v) is 3.67. The Morgan fingerprint density at radius 3 is 2.76 bits per heavy atom. The monoisotopic (exact) mass is 252 g/mol. The maximum atomic E-state index is 6.02. The molecule has 2 N–H and O–H groups in total. The summed E-state index contributed by atoms with van der Waals surface area (Å²) < 4.78 is 5.16. The molecule has 0 aliphatic heterocycles. The van der Waals surface area contributed by atoms with E-state index in [1.54, 1.807) is 20.4 Å². The molecule has 17 heavy (non-hydrogen) atoms. The lowest BCUT2D eigenvalue weighted by atomic mass is 10.1. The molecule has 1 aromatic carbocycles. The Bertz CT molecular complexity index is 555. The Labute approximate surface area is 104 Å². The van der Waals surface area contributed by atoms with Gasteiger partial charge in [-0.1, -0.05) is 11.6 Å². The van der Waals surface area contributed by atoms with E-state index in [0.717, 1.165) is 22.2 Å². The van der Waals surface area contributed by atoms with Gasteiger partial charge in [0, 0.05) is 24.2 Å². The highest BCUT2D eigenvalue weighted by molar-refractivity contribution is 6.32. The Kier molecular flexibility index (Phi) is 4.43. The van der Waals surface area contributed by atoms with Crippen molar-refractivity contribution in [3.05, 3.63) is 35.0 Å². The molecule has 0 radical (unpaired) electrons. The van der Waals surface area contributed by atoms with Crippen molar-refractivity contribution in [1.82, 2.24) is 4.98 Å². The lowest BCUT2D eigenvalue weighted by molar-refractivity contribution is 0.415. The molecule has 0 fully saturated rings. The summed E-state index contributed by atoms with van der Waals surface area (Å²) >= 11 is 6.02. The molecule has 0 aliphatic carbocycles. The normalized spacial score (nSPS) is 10.5. The molecule has 0 aliphatic rings. The largest absolute Gasteiger partial charge is 0.497 e. The fraction of sp³-hybridized carbons (Fsp3) is 0.167. The molecule has 0 spiro atoms. The average molecular weight is 253 g/mol. The van der Waals surface area contributed by atoms with Crippen LogP contribution in [0.4, 0.5) is 0 Å². The molecule has 0 atom stereocenters. The van der Waals surface area contributed by atoms with Crippen LogP contribution in [0.3, 0.4) is 0 Å². The van der Waals surface area contributed by atoms with Crippen molar-refractivity contribution in [2.75, 3.05) is 14.2 Å². The molecule has 5 heteroatoms. The van der Waals surface area contributed by atoms with Gasteiger partial charge in [-0.25, -0.2) is 4.98 Å².